The van der Waals surface area contributed by atoms with E-state index >= 15 is 0 Å². The third kappa shape index (κ3) is 4.64. The molecule has 2 atom stereocenters. The molecule has 0 aromatic rings. The Kier molecular flexibility index (Phi) is 6.72. The molecule has 102 valence electrons. The minimum Gasteiger partial charge on any atom is -0.480 e. The second-order valence-corrected chi connectivity index (χ2v) is 5.27. The minimum absolute atomic E-state index is 0.253. The number of hydrogen-bond acceptors (Lipinski definition) is 3. The van der Waals surface area contributed by atoms with Gasteiger partial charge in [0.2, 0.25) is 0 Å². The summed E-state index contributed by atoms with van der Waals surface area (Å²) in [6.45, 7) is 11.3. The Balaban J connectivity index is 4.68. The van der Waals surface area contributed by atoms with Gasteiger partial charge in [0.05, 0.1) is 0 Å². The van der Waals surface area contributed by atoms with E-state index < -0.39 is 11.5 Å². The van der Waals surface area contributed by atoms with E-state index in [2.05, 4.69) is 37.9 Å². The lowest BCUT2D eigenvalue weighted by Gasteiger charge is -2.37. The van der Waals surface area contributed by atoms with Crippen LogP contribution in [0.5, 0.6) is 0 Å². The first-order chi connectivity index (χ1) is 7.78. The Bertz CT molecular complexity index is 244. The van der Waals surface area contributed by atoms with Crippen LogP contribution in [-0.2, 0) is 4.79 Å². The monoisotopic (exact) mass is 244 g/mol. The van der Waals surface area contributed by atoms with E-state index in [0.717, 1.165) is 13.0 Å². The first-order valence-electron chi connectivity index (χ1n) is 6.46. The SMILES string of the molecule is CCCN(C(C)C)C(C)CC(C)(NC)C(=O)O. The van der Waals surface area contributed by atoms with E-state index in [0.29, 0.717) is 12.5 Å². The molecule has 4 nitrogen and oxygen atoms in total. The lowest BCUT2D eigenvalue weighted by Crippen LogP contribution is -2.53. The molecule has 2 N–H and O–H groups in total. The average Bonchev–Trinajstić information content (AvgIpc) is 2.24. The van der Waals surface area contributed by atoms with Crippen LogP contribution in [0.4, 0.5) is 0 Å². The number of hydrogen-bond donors (Lipinski definition) is 2. The number of carboxylic acid groups (broad SMARTS) is 1. The molecule has 2 unspecified atom stereocenters. The first kappa shape index (κ1) is 16.4. The average molecular weight is 244 g/mol. The van der Waals surface area contributed by atoms with Crippen LogP contribution in [-0.4, -0.2) is 47.2 Å². The summed E-state index contributed by atoms with van der Waals surface area (Å²) in [5, 5.41) is 12.2. The molecule has 0 aromatic heterocycles. The summed E-state index contributed by atoms with van der Waals surface area (Å²) < 4.78 is 0. The summed E-state index contributed by atoms with van der Waals surface area (Å²) in [5.41, 5.74) is -0.847. The van der Waals surface area contributed by atoms with Crippen molar-refractivity contribution in [1.29, 1.82) is 0 Å². The lowest BCUT2D eigenvalue weighted by molar-refractivity contribution is -0.144. The summed E-state index contributed by atoms with van der Waals surface area (Å²) in [5.74, 6) is -0.785. The predicted molar refractivity (Wildman–Crippen MR) is 71.3 cm³/mol. The van der Waals surface area contributed by atoms with Gasteiger partial charge in [0, 0.05) is 12.1 Å². The highest BCUT2D eigenvalue weighted by Crippen LogP contribution is 2.18. The maximum atomic E-state index is 11.3. The molecule has 0 aliphatic carbocycles. The van der Waals surface area contributed by atoms with Gasteiger partial charge >= 0.3 is 5.97 Å². The van der Waals surface area contributed by atoms with Gasteiger partial charge in [0.1, 0.15) is 5.54 Å². The van der Waals surface area contributed by atoms with Gasteiger partial charge in [0.25, 0.3) is 0 Å². The van der Waals surface area contributed by atoms with Crippen molar-refractivity contribution in [1.82, 2.24) is 10.2 Å². The topological polar surface area (TPSA) is 52.6 Å². The van der Waals surface area contributed by atoms with Crippen LogP contribution in [0.15, 0.2) is 0 Å². The highest BCUT2D eigenvalue weighted by atomic mass is 16.4. The quantitative estimate of drug-likeness (QED) is 0.685. The van der Waals surface area contributed by atoms with Crippen molar-refractivity contribution in [2.24, 2.45) is 0 Å². The molecule has 0 saturated carbocycles. The Hall–Kier alpha value is -0.610. The fraction of sp³-hybridized carbons (Fsp3) is 0.923. The minimum atomic E-state index is -0.847. The highest BCUT2D eigenvalue weighted by Gasteiger charge is 2.34. The lowest BCUT2D eigenvalue weighted by atomic mass is 9.92. The van der Waals surface area contributed by atoms with Crippen LogP contribution < -0.4 is 5.32 Å². The van der Waals surface area contributed by atoms with Gasteiger partial charge in [-0.25, -0.2) is 0 Å². The molecule has 0 aromatic carbocycles. The van der Waals surface area contributed by atoms with Gasteiger partial charge in [-0.05, 0) is 54.1 Å². The number of nitrogens with zero attached hydrogens (tertiary/aromatic N) is 1. The van der Waals surface area contributed by atoms with Gasteiger partial charge in [-0.15, -0.1) is 0 Å². The van der Waals surface area contributed by atoms with E-state index in [1.165, 1.54) is 0 Å². The molecule has 0 aliphatic heterocycles. The zero-order valence-corrected chi connectivity index (χ0v) is 12.1. The zero-order valence-electron chi connectivity index (χ0n) is 12.1. The summed E-state index contributed by atoms with van der Waals surface area (Å²) in [4.78, 5) is 13.6. The molecule has 0 rings (SSSR count). The molecular formula is C13H28N2O2. The number of carbonyl (C=O) groups is 1. The van der Waals surface area contributed by atoms with Crippen LogP contribution in [0, 0.1) is 0 Å². The Morgan fingerprint density at radius 3 is 2.24 bits per heavy atom. The molecule has 0 fully saturated rings. The molecule has 0 saturated heterocycles. The Morgan fingerprint density at radius 1 is 1.41 bits per heavy atom. The number of aliphatic carboxylic acids is 1. The van der Waals surface area contributed by atoms with E-state index in [1.54, 1.807) is 14.0 Å². The molecule has 0 radical (unpaired) electrons. The largest absolute Gasteiger partial charge is 0.480 e. The van der Waals surface area contributed by atoms with E-state index in [4.69, 9.17) is 0 Å². The summed E-state index contributed by atoms with van der Waals surface area (Å²) in [7, 11) is 1.71. The van der Waals surface area contributed by atoms with Gasteiger partial charge in [-0.1, -0.05) is 6.92 Å². The molecule has 0 spiro atoms. The van der Waals surface area contributed by atoms with Crippen molar-refractivity contribution >= 4 is 5.97 Å². The van der Waals surface area contributed by atoms with Crippen LogP contribution >= 0.6 is 0 Å². The van der Waals surface area contributed by atoms with Crippen LogP contribution in [0.2, 0.25) is 0 Å². The predicted octanol–water partition coefficient (Wildman–Crippen LogP) is 1.95. The van der Waals surface area contributed by atoms with Crippen LogP contribution in [0.1, 0.15) is 47.5 Å². The van der Waals surface area contributed by atoms with Crippen LogP contribution in [0.3, 0.4) is 0 Å². The van der Waals surface area contributed by atoms with Crippen LogP contribution in [0.25, 0.3) is 0 Å². The summed E-state index contributed by atoms with van der Waals surface area (Å²) >= 11 is 0. The smallest absolute Gasteiger partial charge is 0.323 e. The fourth-order valence-corrected chi connectivity index (χ4v) is 2.25. The van der Waals surface area contributed by atoms with Gasteiger partial charge < -0.3 is 10.4 Å². The third-order valence-electron chi connectivity index (χ3n) is 3.44. The number of carboxylic acids is 1. The first-order valence-corrected chi connectivity index (χ1v) is 6.46. The van der Waals surface area contributed by atoms with Gasteiger partial charge in [0.15, 0.2) is 0 Å². The maximum absolute atomic E-state index is 11.3. The van der Waals surface area contributed by atoms with Crippen molar-refractivity contribution in [2.45, 2.75) is 65.1 Å². The Morgan fingerprint density at radius 2 is 1.94 bits per heavy atom. The fourth-order valence-electron chi connectivity index (χ4n) is 2.25. The molecule has 0 bridgehead atoms. The molecular weight excluding hydrogens is 216 g/mol. The van der Waals surface area contributed by atoms with Crippen molar-refractivity contribution in [3.05, 3.63) is 0 Å². The number of likely N-dealkylation sites (N-methyl/N-ethyl adjacent to an activating group) is 1. The Labute approximate surface area is 105 Å². The molecule has 0 amide bonds. The summed E-state index contributed by atoms with van der Waals surface area (Å²) in [6.07, 6.45) is 1.70. The van der Waals surface area contributed by atoms with E-state index in [1.807, 2.05) is 0 Å². The van der Waals surface area contributed by atoms with Crippen molar-refractivity contribution in [2.75, 3.05) is 13.6 Å². The molecule has 17 heavy (non-hydrogen) atoms. The zero-order chi connectivity index (χ0) is 13.6. The molecule has 4 heteroatoms. The number of rotatable bonds is 8. The second kappa shape index (κ2) is 6.97. The third-order valence-corrected chi connectivity index (χ3v) is 3.44. The molecule has 0 aliphatic rings. The van der Waals surface area contributed by atoms with E-state index in [-0.39, 0.29) is 6.04 Å². The standard InChI is InChI=1S/C13H28N2O2/c1-7-8-15(10(2)3)11(4)9-13(5,14-6)12(16)17/h10-11,14H,7-9H2,1-6H3,(H,16,17). The van der Waals surface area contributed by atoms with Gasteiger partial charge in [-0.2, -0.15) is 0 Å². The van der Waals surface area contributed by atoms with Crippen molar-refractivity contribution in [3.63, 3.8) is 0 Å². The van der Waals surface area contributed by atoms with Crippen molar-refractivity contribution in [3.8, 4) is 0 Å². The second-order valence-electron chi connectivity index (χ2n) is 5.27. The normalized spacial score (nSPS) is 17.2. The highest BCUT2D eigenvalue weighted by molar-refractivity contribution is 5.78. The van der Waals surface area contributed by atoms with E-state index in [9.17, 15) is 9.90 Å². The maximum Gasteiger partial charge on any atom is 0.323 e. The van der Waals surface area contributed by atoms with Crippen molar-refractivity contribution < 1.29 is 9.90 Å². The van der Waals surface area contributed by atoms with Gasteiger partial charge in [-0.3, -0.25) is 9.69 Å². The number of nitrogens with one attached hydrogen (secondary N) is 1. The molecule has 0 heterocycles. The summed E-state index contributed by atoms with van der Waals surface area (Å²) in [6, 6.07) is 0.698.